The van der Waals surface area contributed by atoms with E-state index in [2.05, 4.69) is 172 Å². The number of para-hydroxylation sites is 2. The Morgan fingerprint density at radius 1 is 0.385 bits per heavy atom. The minimum atomic E-state index is 1.01. The molecule has 7 aromatic carbocycles. The number of rotatable bonds is 3. The van der Waals surface area contributed by atoms with E-state index in [1.807, 2.05) is 12.4 Å². The highest BCUT2D eigenvalue weighted by atomic mass is 15.0. The largest absolute Gasteiger partial charge is 0.309 e. The lowest BCUT2D eigenvalue weighted by Crippen LogP contribution is -1.96. The first-order valence-corrected chi connectivity index (χ1v) is 17.7. The van der Waals surface area contributed by atoms with Crippen LogP contribution in [-0.2, 0) is 0 Å². The third-order valence-electron chi connectivity index (χ3n) is 11.1. The summed E-state index contributed by atoms with van der Waals surface area (Å²) >= 11 is 0. The number of aromatic nitrogens is 4. The van der Waals surface area contributed by atoms with Crippen LogP contribution in [0.1, 0.15) is 0 Å². The second-order valence-electron chi connectivity index (χ2n) is 13.8. The molecule has 4 aromatic heterocycles. The van der Waals surface area contributed by atoms with E-state index in [1.165, 1.54) is 70.9 Å². The standard InChI is InChI=1S/C48H28N4/c1-2-10-32(11-3-1)51-44-21-19-31(26-40(44)47-34-12-5-4-9-29(34)17-22-45(47)51)30-18-20-43-38(25-30)35-13-6-7-16-42(35)52(43)33-27-39-36-23-24-49-41-15-8-14-37(46(36)41)48(39)50-28-33/h1-28H. The highest BCUT2D eigenvalue weighted by Gasteiger charge is 2.24. The molecule has 0 aliphatic heterocycles. The molecule has 4 heterocycles. The van der Waals surface area contributed by atoms with Crippen LogP contribution in [0.2, 0.25) is 0 Å². The van der Waals surface area contributed by atoms with Gasteiger partial charge in [-0.25, -0.2) is 0 Å². The van der Waals surface area contributed by atoms with E-state index in [0.29, 0.717) is 0 Å². The van der Waals surface area contributed by atoms with Crippen molar-refractivity contribution in [3.8, 4) is 44.9 Å². The molecule has 0 radical (unpaired) electrons. The van der Waals surface area contributed by atoms with Gasteiger partial charge in [0.1, 0.15) is 0 Å². The van der Waals surface area contributed by atoms with E-state index in [-0.39, 0.29) is 0 Å². The fraction of sp³-hybridized carbons (Fsp3) is 0. The number of fused-ring (bicyclic) bond motifs is 11. The van der Waals surface area contributed by atoms with E-state index in [1.54, 1.807) is 0 Å². The van der Waals surface area contributed by atoms with Crippen molar-refractivity contribution in [2.45, 2.75) is 0 Å². The molecule has 1 aliphatic rings. The first kappa shape index (κ1) is 27.7. The predicted molar refractivity (Wildman–Crippen MR) is 216 cm³/mol. The van der Waals surface area contributed by atoms with Crippen LogP contribution in [0.4, 0.5) is 0 Å². The van der Waals surface area contributed by atoms with Crippen LogP contribution in [0.15, 0.2) is 170 Å². The summed E-state index contributed by atoms with van der Waals surface area (Å²) in [5.41, 5.74) is 14.9. The van der Waals surface area contributed by atoms with Crippen molar-refractivity contribution in [3.05, 3.63) is 170 Å². The Bertz CT molecular complexity index is 3290. The van der Waals surface area contributed by atoms with Crippen LogP contribution in [0.5, 0.6) is 0 Å². The van der Waals surface area contributed by atoms with Crippen molar-refractivity contribution in [1.82, 2.24) is 19.1 Å². The average molecular weight is 661 g/mol. The molecule has 0 bridgehead atoms. The summed E-state index contributed by atoms with van der Waals surface area (Å²) < 4.78 is 4.77. The zero-order valence-electron chi connectivity index (χ0n) is 28.0. The molecule has 4 nitrogen and oxygen atoms in total. The Morgan fingerprint density at radius 2 is 1.10 bits per heavy atom. The number of nitrogens with zero attached hydrogens (tertiary/aromatic N) is 4. The summed E-state index contributed by atoms with van der Waals surface area (Å²) in [6.45, 7) is 0. The summed E-state index contributed by atoms with van der Waals surface area (Å²) in [6.07, 6.45) is 3.93. The summed E-state index contributed by atoms with van der Waals surface area (Å²) in [7, 11) is 0. The first-order valence-electron chi connectivity index (χ1n) is 17.7. The monoisotopic (exact) mass is 660 g/mol. The van der Waals surface area contributed by atoms with Gasteiger partial charge in [0.05, 0.1) is 45.2 Å². The second-order valence-corrected chi connectivity index (χ2v) is 13.8. The Balaban J connectivity index is 1.07. The third-order valence-corrected chi connectivity index (χ3v) is 11.1. The molecule has 0 unspecified atom stereocenters. The van der Waals surface area contributed by atoms with E-state index in [9.17, 15) is 0 Å². The molecule has 0 atom stereocenters. The summed E-state index contributed by atoms with van der Waals surface area (Å²) in [5, 5.41) is 8.70. The summed E-state index contributed by atoms with van der Waals surface area (Å²) in [6, 6.07) is 57.3. The van der Waals surface area contributed by atoms with Crippen molar-refractivity contribution in [2.24, 2.45) is 0 Å². The Hall–Kier alpha value is -7.04. The third kappa shape index (κ3) is 3.70. The summed E-state index contributed by atoms with van der Waals surface area (Å²) in [4.78, 5) is 9.72. The zero-order valence-corrected chi connectivity index (χ0v) is 28.0. The van der Waals surface area contributed by atoms with Gasteiger partial charge in [0.2, 0.25) is 0 Å². The van der Waals surface area contributed by atoms with Gasteiger partial charge in [-0.05, 0) is 94.2 Å². The quantitative estimate of drug-likeness (QED) is 0.189. The lowest BCUT2D eigenvalue weighted by atomic mass is 9.99. The van der Waals surface area contributed by atoms with Crippen molar-refractivity contribution >= 4 is 65.3 Å². The minimum Gasteiger partial charge on any atom is -0.309 e. The molecule has 0 amide bonds. The number of benzene rings is 7. The molecule has 11 aromatic rings. The van der Waals surface area contributed by atoms with Crippen LogP contribution in [-0.4, -0.2) is 19.1 Å². The minimum absolute atomic E-state index is 1.01. The van der Waals surface area contributed by atoms with Gasteiger partial charge in [0, 0.05) is 49.9 Å². The van der Waals surface area contributed by atoms with Crippen LogP contribution < -0.4 is 0 Å². The van der Waals surface area contributed by atoms with Gasteiger partial charge in [-0.3, -0.25) is 9.97 Å². The van der Waals surface area contributed by atoms with Gasteiger partial charge >= 0.3 is 0 Å². The van der Waals surface area contributed by atoms with Crippen molar-refractivity contribution in [1.29, 1.82) is 0 Å². The van der Waals surface area contributed by atoms with Crippen LogP contribution in [0.3, 0.4) is 0 Å². The van der Waals surface area contributed by atoms with E-state index >= 15 is 0 Å². The van der Waals surface area contributed by atoms with E-state index < -0.39 is 0 Å². The molecular formula is C48H28N4. The number of hydrogen-bond donors (Lipinski definition) is 0. The topological polar surface area (TPSA) is 35.6 Å². The first-order chi connectivity index (χ1) is 25.8. The maximum absolute atomic E-state index is 5.08. The van der Waals surface area contributed by atoms with Gasteiger partial charge in [-0.15, -0.1) is 0 Å². The zero-order chi connectivity index (χ0) is 33.9. The van der Waals surface area contributed by atoms with Crippen LogP contribution in [0, 0.1) is 0 Å². The molecule has 0 N–H and O–H groups in total. The predicted octanol–water partition coefficient (Wildman–Crippen LogP) is 12.3. The van der Waals surface area contributed by atoms with Gasteiger partial charge in [0.15, 0.2) is 0 Å². The molecule has 0 saturated carbocycles. The Morgan fingerprint density at radius 3 is 1.98 bits per heavy atom. The normalized spacial score (nSPS) is 12.2. The van der Waals surface area contributed by atoms with E-state index in [0.717, 1.165) is 39.2 Å². The molecule has 12 rings (SSSR count). The van der Waals surface area contributed by atoms with Gasteiger partial charge in [0.25, 0.3) is 0 Å². The Labute approximate surface area is 298 Å². The van der Waals surface area contributed by atoms with Gasteiger partial charge in [-0.2, -0.15) is 0 Å². The summed E-state index contributed by atoms with van der Waals surface area (Å²) in [5.74, 6) is 0. The molecule has 52 heavy (non-hydrogen) atoms. The fourth-order valence-corrected chi connectivity index (χ4v) is 8.88. The molecule has 0 saturated heterocycles. The van der Waals surface area contributed by atoms with Gasteiger partial charge < -0.3 is 9.13 Å². The van der Waals surface area contributed by atoms with Crippen molar-refractivity contribution < 1.29 is 0 Å². The number of pyridine rings is 2. The molecule has 0 fully saturated rings. The van der Waals surface area contributed by atoms with Crippen LogP contribution in [0.25, 0.3) is 110 Å². The van der Waals surface area contributed by atoms with E-state index in [4.69, 9.17) is 4.98 Å². The van der Waals surface area contributed by atoms with Crippen molar-refractivity contribution in [2.75, 3.05) is 0 Å². The maximum atomic E-state index is 5.08. The van der Waals surface area contributed by atoms with Crippen LogP contribution >= 0.6 is 0 Å². The molecule has 0 spiro atoms. The second kappa shape index (κ2) is 10.3. The lowest BCUT2D eigenvalue weighted by Gasteiger charge is -2.11. The smallest absolute Gasteiger partial charge is 0.0789 e. The molecule has 240 valence electrons. The highest BCUT2D eigenvalue weighted by molar-refractivity contribution is 6.22. The number of hydrogen-bond acceptors (Lipinski definition) is 2. The van der Waals surface area contributed by atoms with Crippen molar-refractivity contribution in [3.63, 3.8) is 0 Å². The Kier molecular flexibility index (Phi) is 5.47. The fourth-order valence-electron chi connectivity index (χ4n) is 8.88. The molecule has 1 aliphatic carbocycles. The highest BCUT2D eigenvalue weighted by Crippen LogP contribution is 2.47. The maximum Gasteiger partial charge on any atom is 0.0789 e. The molecule has 4 heteroatoms. The lowest BCUT2D eigenvalue weighted by molar-refractivity contribution is 1.15. The molecular weight excluding hydrogens is 633 g/mol. The van der Waals surface area contributed by atoms with Gasteiger partial charge in [-0.1, -0.05) is 91.0 Å². The SMILES string of the molecule is c1ccc(-n2c3ccc(-c4ccc5c(c4)c4ccccc4n5-c4cnc5c(c4)-c4ccnc6cccc-5c46)cc3c3c4ccccc4ccc32)cc1. The average Bonchev–Trinajstić information content (AvgIpc) is 3.84.